The molecule has 1 saturated heterocycles. The first kappa shape index (κ1) is 16.6. The molecule has 1 atom stereocenters. The zero-order chi connectivity index (χ0) is 17.6. The van der Waals surface area contributed by atoms with Gasteiger partial charge in [-0.05, 0) is 75.2 Å². The molecule has 4 heteroatoms. The van der Waals surface area contributed by atoms with Crippen molar-refractivity contribution in [2.24, 2.45) is 11.3 Å². The van der Waals surface area contributed by atoms with Gasteiger partial charge in [-0.3, -0.25) is 4.79 Å². The number of carbonyl (C=O) groups excluding carboxylic acids is 1. The Morgan fingerprint density at radius 2 is 2.04 bits per heavy atom. The molecule has 4 rings (SSSR count). The molecule has 1 aromatic heterocycles. The molecule has 3 N–H and O–H groups in total. The van der Waals surface area contributed by atoms with E-state index in [2.05, 4.69) is 48.5 Å². The summed E-state index contributed by atoms with van der Waals surface area (Å²) in [5.74, 6) is 0.474. The summed E-state index contributed by atoms with van der Waals surface area (Å²) in [6.07, 6.45) is 4.38. The van der Waals surface area contributed by atoms with Gasteiger partial charge in [-0.2, -0.15) is 0 Å². The zero-order valence-electron chi connectivity index (χ0n) is 15.6. The van der Waals surface area contributed by atoms with E-state index in [1.165, 1.54) is 33.3 Å². The van der Waals surface area contributed by atoms with Gasteiger partial charge in [-0.25, -0.2) is 0 Å². The normalized spacial score (nSPS) is 21.6. The number of aromatic amines is 1. The van der Waals surface area contributed by atoms with Crippen LogP contribution in [0.4, 0.5) is 0 Å². The van der Waals surface area contributed by atoms with E-state index >= 15 is 0 Å². The van der Waals surface area contributed by atoms with E-state index in [4.69, 9.17) is 0 Å². The molecule has 0 bridgehead atoms. The predicted molar refractivity (Wildman–Crippen MR) is 102 cm³/mol. The van der Waals surface area contributed by atoms with Gasteiger partial charge in [0.05, 0.1) is 5.52 Å². The molecule has 2 heterocycles. The lowest BCUT2D eigenvalue weighted by molar-refractivity contribution is -0.123. The van der Waals surface area contributed by atoms with Crippen LogP contribution in [0.25, 0.3) is 10.9 Å². The third kappa shape index (κ3) is 2.86. The highest BCUT2D eigenvalue weighted by molar-refractivity contribution is 5.89. The highest BCUT2D eigenvalue weighted by atomic mass is 16.2. The van der Waals surface area contributed by atoms with Gasteiger partial charge in [0.15, 0.2) is 0 Å². The van der Waals surface area contributed by atoms with Gasteiger partial charge in [0.2, 0.25) is 5.91 Å². The SMILES string of the molecule is CCc1[nH]c2c(CNC(=O)[C@H]3CC34CCNCC4)cc(C)cc2c1C. The van der Waals surface area contributed by atoms with Crippen molar-refractivity contribution in [3.63, 3.8) is 0 Å². The summed E-state index contributed by atoms with van der Waals surface area (Å²) in [7, 11) is 0. The molecular formula is C21H29N3O. The van der Waals surface area contributed by atoms with Crippen molar-refractivity contribution in [1.82, 2.24) is 15.6 Å². The third-order valence-corrected chi connectivity index (χ3v) is 6.41. The zero-order valence-corrected chi connectivity index (χ0v) is 15.6. The molecule has 4 nitrogen and oxygen atoms in total. The molecule has 1 saturated carbocycles. The summed E-state index contributed by atoms with van der Waals surface area (Å²) in [5, 5.41) is 7.91. The van der Waals surface area contributed by atoms with Crippen LogP contribution in [0.2, 0.25) is 0 Å². The molecule has 0 radical (unpaired) electrons. The Hall–Kier alpha value is -1.81. The standard InChI is InChI=1S/C21H29N3O/c1-4-18-14(3)16-10-13(2)9-15(19(16)24-18)12-23-20(25)17-11-21(17)5-7-22-8-6-21/h9-10,17,22,24H,4-8,11-12H2,1-3H3,(H,23,25)/t17-/m1/s1. The minimum atomic E-state index is 0.228. The van der Waals surface area contributed by atoms with Crippen LogP contribution < -0.4 is 10.6 Å². The topological polar surface area (TPSA) is 56.9 Å². The van der Waals surface area contributed by atoms with Crippen LogP contribution in [0, 0.1) is 25.2 Å². The number of hydrogen-bond donors (Lipinski definition) is 3. The van der Waals surface area contributed by atoms with Crippen molar-refractivity contribution in [2.75, 3.05) is 13.1 Å². The van der Waals surface area contributed by atoms with Gasteiger partial charge in [-0.15, -0.1) is 0 Å². The van der Waals surface area contributed by atoms with E-state index in [-0.39, 0.29) is 11.8 Å². The first-order chi connectivity index (χ1) is 12.0. The van der Waals surface area contributed by atoms with Crippen molar-refractivity contribution in [1.29, 1.82) is 0 Å². The van der Waals surface area contributed by atoms with Gasteiger partial charge < -0.3 is 15.6 Å². The van der Waals surface area contributed by atoms with Crippen LogP contribution in [0.5, 0.6) is 0 Å². The molecule has 0 unspecified atom stereocenters. The lowest BCUT2D eigenvalue weighted by atomic mass is 9.92. The van der Waals surface area contributed by atoms with Crippen LogP contribution in [0.3, 0.4) is 0 Å². The summed E-state index contributed by atoms with van der Waals surface area (Å²) in [6.45, 7) is 9.23. The number of hydrogen-bond acceptors (Lipinski definition) is 2. The smallest absolute Gasteiger partial charge is 0.223 e. The number of carbonyl (C=O) groups is 1. The lowest BCUT2D eigenvalue weighted by Crippen LogP contribution is -2.33. The van der Waals surface area contributed by atoms with E-state index in [9.17, 15) is 4.79 Å². The van der Waals surface area contributed by atoms with E-state index in [1.807, 2.05) is 0 Å². The molecule has 1 amide bonds. The monoisotopic (exact) mass is 339 g/mol. The maximum Gasteiger partial charge on any atom is 0.223 e. The number of benzene rings is 1. The Balaban J connectivity index is 1.50. The van der Waals surface area contributed by atoms with Gasteiger partial charge in [0, 0.05) is 23.5 Å². The lowest BCUT2D eigenvalue weighted by Gasteiger charge is -2.23. The molecule has 1 aromatic carbocycles. The second kappa shape index (κ2) is 6.17. The number of aromatic nitrogens is 1. The van der Waals surface area contributed by atoms with Gasteiger partial charge >= 0.3 is 0 Å². The van der Waals surface area contributed by atoms with Gasteiger partial charge in [-0.1, -0.05) is 18.6 Å². The number of H-pyrrole nitrogens is 1. The molecule has 2 aliphatic rings. The Kier molecular flexibility index (Phi) is 4.11. The fourth-order valence-electron chi connectivity index (χ4n) is 4.71. The average molecular weight is 339 g/mol. The number of piperidine rings is 1. The minimum absolute atomic E-state index is 0.228. The fraction of sp³-hybridized carbons (Fsp3) is 0.571. The van der Waals surface area contributed by atoms with Crippen LogP contribution in [0.15, 0.2) is 12.1 Å². The Morgan fingerprint density at radius 3 is 2.76 bits per heavy atom. The van der Waals surface area contributed by atoms with Crippen molar-refractivity contribution in [2.45, 2.75) is 53.0 Å². The molecule has 1 aliphatic carbocycles. The number of nitrogens with one attached hydrogen (secondary N) is 3. The van der Waals surface area contributed by atoms with E-state index in [0.29, 0.717) is 12.0 Å². The maximum atomic E-state index is 12.7. The molecule has 134 valence electrons. The van der Waals surface area contributed by atoms with Crippen molar-refractivity contribution in [3.05, 3.63) is 34.5 Å². The molecule has 2 fully saturated rings. The summed E-state index contributed by atoms with van der Waals surface area (Å²) in [4.78, 5) is 16.2. The average Bonchev–Trinajstić information content (AvgIpc) is 3.20. The first-order valence-electron chi connectivity index (χ1n) is 9.63. The van der Waals surface area contributed by atoms with E-state index in [1.54, 1.807) is 0 Å². The quantitative estimate of drug-likeness (QED) is 0.800. The van der Waals surface area contributed by atoms with Crippen LogP contribution in [-0.2, 0) is 17.8 Å². The Bertz CT molecular complexity index is 814. The second-order valence-corrected chi connectivity index (χ2v) is 8.02. The first-order valence-corrected chi connectivity index (χ1v) is 9.63. The highest BCUT2D eigenvalue weighted by Gasteiger charge is 2.57. The maximum absolute atomic E-state index is 12.7. The summed E-state index contributed by atoms with van der Waals surface area (Å²) in [6, 6.07) is 4.45. The molecule has 25 heavy (non-hydrogen) atoms. The molecule has 1 spiro atoms. The Morgan fingerprint density at radius 1 is 1.28 bits per heavy atom. The van der Waals surface area contributed by atoms with E-state index < -0.39 is 0 Å². The summed E-state index contributed by atoms with van der Waals surface area (Å²) >= 11 is 0. The highest BCUT2D eigenvalue weighted by Crippen LogP contribution is 2.58. The predicted octanol–water partition coefficient (Wildman–Crippen LogP) is 3.35. The number of rotatable bonds is 4. The molecular weight excluding hydrogens is 310 g/mol. The van der Waals surface area contributed by atoms with Crippen molar-refractivity contribution < 1.29 is 4.79 Å². The van der Waals surface area contributed by atoms with Crippen LogP contribution in [0.1, 0.15) is 48.6 Å². The second-order valence-electron chi connectivity index (χ2n) is 8.02. The minimum Gasteiger partial charge on any atom is -0.358 e. The van der Waals surface area contributed by atoms with Crippen molar-refractivity contribution >= 4 is 16.8 Å². The Labute approximate surface area is 149 Å². The van der Waals surface area contributed by atoms with Crippen molar-refractivity contribution in [3.8, 4) is 0 Å². The fourth-order valence-corrected chi connectivity index (χ4v) is 4.71. The van der Waals surface area contributed by atoms with Crippen LogP contribution >= 0.6 is 0 Å². The van der Waals surface area contributed by atoms with Crippen LogP contribution in [-0.4, -0.2) is 24.0 Å². The summed E-state index contributed by atoms with van der Waals surface area (Å²) in [5.41, 5.74) is 6.57. The number of aryl methyl sites for hydroxylation is 3. The van der Waals surface area contributed by atoms with E-state index in [0.717, 1.165) is 38.8 Å². The number of amides is 1. The largest absolute Gasteiger partial charge is 0.358 e. The van der Waals surface area contributed by atoms with Gasteiger partial charge in [0.1, 0.15) is 0 Å². The van der Waals surface area contributed by atoms with Gasteiger partial charge in [0.25, 0.3) is 0 Å². The summed E-state index contributed by atoms with van der Waals surface area (Å²) < 4.78 is 0. The third-order valence-electron chi connectivity index (χ3n) is 6.41. The molecule has 1 aliphatic heterocycles. The number of fused-ring (bicyclic) bond motifs is 1. The molecule has 2 aromatic rings.